The van der Waals surface area contributed by atoms with E-state index in [0.29, 0.717) is 11.6 Å². The molecule has 0 unspecified atom stereocenters. The Morgan fingerprint density at radius 1 is 1.09 bits per heavy atom. The summed E-state index contributed by atoms with van der Waals surface area (Å²) < 4.78 is 92.6. The number of sulfone groups is 1. The first-order chi connectivity index (χ1) is 15.1. The Morgan fingerprint density at radius 3 is 2.27 bits per heavy atom. The third kappa shape index (κ3) is 4.03. The van der Waals surface area contributed by atoms with Gasteiger partial charge in [-0.15, -0.1) is 0 Å². The van der Waals surface area contributed by atoms with Gasteiger partial charge >= 0.3 is 12.1 Å². The largest absolute Gasteiger partial charge is 0.459 e. The van der Waals surface area contributed by atoms with Gasteiger partial charge in [-0.2, -0.15) is 27.2 Å². The lowest BCUT2D eigenvalue weighted by atomic mass is 9.87. The number of fused-ring (bicyclic) bond motifs is 1. The molecule has 0 radical (unpaired) electrons. The van der Waals surface area contributed by atoms with E-state index in [9.17, 15) is 35.6 Å². The summed E-state index contributed by atoms with van der Waals surface area (Å²) in [7, 11) is -2.46. The van der Waals surface area contributed by atoms with E-state index in [0.717, 1.165) is 6.20 Å². The van der Waals surface area contributed by atoms with Crippen LogP contribution in [0.25, 0.3) is 22.6 Å². The van der Waals surface area contributed by atoms with Crippen LogP contribution in [0.3, 0.4) is 0 Å². The molecule has 0 aliphatic carbocycles. The van der Waals surface area contributed by atoms with Gasteiger partial charge in [-0.25, -0.2) is 13.4 Å². The molecule has 3 heterocycles. The molecular formula is C20H18F5N5O2S. The number of hydrogen-bond acceptors (Lipinski definition) is 6. The lowest BCUT2D eigenvalue weighted by molar-refractivity contribution is -0.290. The zero-order valence-corrected chi connectivity index (χ0v) is 18.7. The van der Waals surface area contributed by atoms with Crippen LogP contribution in [0, 0.1) is 11.3 Å². The Bertz CT molecular complexity index is 1390. The van der Waals surface area contributed by atoms with E-state index >= 15 is 0 Å². The molecule has 0 bridgehead atoms. The lowest BCUT2D eigenvalue weighted by Crippen LogP contribution is -2.34. The quantitative estimate of drug-likeness (QED) is 0.498. The topological polar surface area (TPSA) is 102 Å². The van der Waals surface area contributed by atoms with Crippen molar-refractivity contribution in [2.75, 3.05) is 5.75 Å². The number of alkyl halides is 5. The molecule has 0 aliphatic rings. The van der Waals surface area contributed by atoms with Crippen LogP contribution in [0.2, 0.25) is 0 Å². The zero-order valence-electron chi connectivity index (χ0n) is 17.9. The molecule has 0 aromatic carbocycles. The molecule has 0 N–H and O–H groups in total. The maximum atomic E-state index is 13.7. The zero-order chi connectivity index (χ0) is 25.0. The van der Waals surface area contributed by atoms with Gasteiger partial charge in [0, 0.05) is 13.2 Å². The second-order valence-electron chi connectivity index (χ2n) is 7.84. The second kappa shape index (κ2) is 7.72. The molecule has 0 atom stereocenters. The smallest absolute Gasteiger partial charge is 0.324 e. The number of halogens is 5. The highest BCUT2D eigenvalue weighted by Gasteiger charge is 2.60. The summed E-state index contributed by atoms with van der Waals surface area (Å²) >= 11 is 0. The van der Waals surface area contributed by atoms with Crippen molar-refractivity contribution in [3.63, 3.8) is 0 Å². The van der Waals surface area contributed by atoms with Crippen molar-refractivity contribution in [1.82, 2.24) is 19.5 Å². The van der Waals surface area contributed by atoms with Gasteiger partial charge in [0.1, 0.15) is 11.4 Å². The first-order valence-electron chi connectivity index (χ1n) is 9.49. The second-order valence-corrected chi connectivity index (χ2v) is 10.1. The van der Waals surface area contributed by atoms with Crippen LogP contribution < -0.4 is 0 Å². The third-order valence-corrected chi connectivity index (χ3v) is 6.97. The summed E-state index contributed by atoms with van der Waals surface area (Å²) in [6.07, 6.45) is -3.74. The number of hydrogen-bond donors (Lipinski definition) is 0. The maximum absolute atomic E-state index is 13.7. The summed E-state index contributed by atoms with van der Waals surface area (Å²) in [5, 5.41) is 9.38. The van der Waals surface area contributed by atoms with E-state index in [4.69, 9.17) is 0 Å². The van der Waals surface area contributed by atoms with Crippen molar-refractivity contribution in [3.05, 3.63) is 35.8 Å². The molecule has 7 nitrogen and oxygen atoms in total. The normalized spacial score (nSPS) is 13.3. The Balaban J connectivity index is 2.29. The monoisotopic (exact) mass is 487 g/mol. The lowest BCUT2D eigenvalue weighted by Gasteiger charge is -2.18. The average molecular weight is 487 g/mol. The number of rotatable bonds is 5. The molecule has 0 aliphatic heterocycles. The molecule has 0 saturated carbocycles. The number of nitrogens with zero attached hydrogens (tertiary/aromatic N) is 5. The third-order valence-electron chi connectivity index (χ3n) is 5.23. The molecule has 0 fully saturated rings. The van der Waals surface area contributed by atoms with Crippen molar-refractivity contribution < 1.29 is 30.4 Å². The van der Waals surface area contributed by atoms with E-state index in [2.05, 4.69) is 21.0 Å². The number of nitriles is 1. The standard InChI is InChI=1S/C20H18F5N5O2S/c1-5-33(31,32)14-6-11(18(2,3)10-26)8-28-16(14)17-29-12-7-15(19(21,22)20(23,24)25)27-9-13(12)30(17)4/h6-9H,5H2,1-4H3. The fourth-order valence-electron chi connectivity index (χ4n) is 3.03. The van der Waals surface area contributed by atoms with E-state index in [1.807, 2.05) is 0 Å². The number of pyridine rings is 2. The molecule has 0 amide bonds. The Morgan fingerprint density at radius 2 is 1.73 bits per heavy atom. The van der Waals surface area contributed by atoms with Crippen LogP contribution in [0.15, 0.2) is 29.4 Å². The van der Waals surface area contributed by atoms with Gasteiger partial charge in [0.15, 0.2) is 15.7 Å². The first-order valence-corrected chi connectivity index (χ1v) is 11.1. The Labute approximate surface area is 185 Å². The van der Waals surface area contributed by atoms with Gasteiger partial charge in [-0.3, -0.25) is 9.97 Å². The van der Waals surface area contributed by atoms with Gasteiger partial charge in [-0.1, -0.05) is 6.92 Å². The SMILES string of the molecule is CCS(=O)(=O)c1cc(C(C)(C)C#N)cnc1-c1nc2cc(C(F)(F)C(F)(F)F)ncc2n1C. The molecule has 176 valence electrons. The van der Waals surface area contributed by atoms with E-state index in [1.54, 1.807) is 13.8 Å². The van der Waals surface area contributed by atoms with Gasteiger partial charge < -0.3 is 4.57 Å². The fraction of sp³-hybridized carbons (Fsp3) is 0.400. The first kappa shape index (κ1) is 24.5. The van der Waals surface area contributed by atoms with Gasteiger partial charge in [0.2, 0.25) is 0 Å². The summed E-state index contributed by atoms with van der Waals surface area (Å²) in [5.41, 5.74) is -2.55. The number of aryl methyl sites for hydroxylation is 1. The number of aromatic nitrogens is 4. The molecular weight excluding hydrogens is 469 g/mol. The average Bonchev–Trinajstić information content (AvgIpc) is 3.08. The molecule has 33 heavy (non-hydrogen) atoms. The van der Waals surface area contributed by atoms with Crippen LogP contribution in [0.5, 0.6) is 0 Å². The fourth-order valence-corrected chi connectivity index (χ4v) is 4.08. The van der Waals surface area contributed by atoms with Crippen LogP contribution in [0.4, 0.5) is 22.0 Å². The highest BCUT2D eigenvalue weighted by Crippen LogP contribution is 2.43. The van der Waals surface area contributed by atoms with Gasteiger partial charge in [0.25, 0.3) is 0 Å². The van der Waals surface area contributed by atoms with Crippen LogP contribution in [-0.2, 0) is 28.2 Å². The van der Waals surface area contributed by atoms with E-state index in [-0.39, 0.29) is 33.2 Å². The van der Waals surface area contributed by atoms with E-state index in [1.165, 1.54) is 30.8 Å². The van der Waals surface area contributed by atoms with Crippen molar-refractivity contribution >= 4 is 20.9 Å². The predicted molar refractivity (Wildman–Crippen MR) is 108 cm³/mol. The van der Waals surface area contributed by atoms with Crippen molar-refractivity contribution in [2.24, 2.45) is 7.05 Å². The summed E-state index contributed by atoms with van der Waals surface area (Å²) in [4.78, 5) is 11.3. The van der Waals surface area contributed by atoms with Gasteiger partial charge in [-0.05, 0) is 31.5 Å². The molecule has 0 saturated heterocycles. The molecule has 3 rings (SSSR count). The van der Waals surface area contributed by atoms with Crippen molar-refractivity contribution in [2.45, 2.75) is 43.2 Å². The minimum Gasteiger partial charge on any atom is -0.324 e. The predicted octanol–water partition coefficient (Wildman–Crippen LogP) is 4.28. The van der Waals surface area contributed by atoms with Crippen molar-refractivity contribution in [3.8, 4) is 17.6 Å². The van der Waals surface area contributed by atoms with Crippen LogP contribution in [0.1, 0.15) is 32.0 Å². The van der Waals surface area contributed by atoms with Crippen LogP contribution in [-0.4, -0.2) is 39.9 Å². The Kier molecular flexibility index (Phi) is 5.73. The highest BCUT2D eigenvalue weighted by atomic mass is 32.2. The highest BCUT2D eigenvalue weighted by molar-refractivity contribution is 7.91. The Hall–Kier alpha value is -3.14. The van der Waals surface area contributed by atoms with Crippen molar-refractivity contribution in [1.29, 1.82) is 5.26 Å². The number of imidazole rings is 1. The molecule has 0 spiro atoms. The summed E-state index contributed by atoms with van der Waals surface area (Å²) in [6.45, 7) is 4.57. The maximum Gasteiger partial charge on any atom is 0.459 e. The van der Waals surface area contributed by atoms with E-state index < -0.39 is 33.0 Å². The van der Waals surface area contributed by atoms with Gasteiger partial charge in [0.05, 0.1) is 39.4 Å². The molecule has 13 heteroatoms. The summed E-state index contributed by atoms with van der Waals surface area (Å²) in [5.74, 6) is -5.57. The molecule has 3 aromatic heterocycles. The summed E-state index contributed by atoms with van der Waals surface area (Å²) in [6, 6.07) is 3.86. The minimum atomic E-state index is -5.85. The van der Waals surface area contributed by atoms with Crippen LogP contribution >= 0.6 is 0 Å². The minimum absolute atomic E-state index is 0.0763. The molecule has 3 aromatic rings.